The minimum Gasteiger partial charge on any atom is -0.481 e. The number of aromatic nitrogens is 5. The average molecular weight is 1470 g/mol. The number of carbonyl (C=O) groups excluding carboxylic acids is 1. The maximum Gasteiger partial charge on any atom is 0.425 e. The van der Waals surface area contributed by atoms with Crippen LogP contribution in [0.4, 0.5) is 62.8 Å². The predicted octanol–water partition coefficient (Wildman–Crippen LogP) is 12.8. The van der Waals surface area contributed by atoms with E-state index >= 15 is 0 Å². The lowest BCUT2D eigenvalue weighted by molar-refractivity contribution is -0.208. The number of aliphatic imine (C=N–C) groups is 4. The number of hydrogen-bond acceptors (Lipinski definition) is 20. The van der Waals surface area contributed by atoms with Crippen LogP contribution in [0.25, 0.3) is 0 Å². The summed E-state index contributed by atoms with van der Waals surface area (Å²) in [6.07, 6.45) is -21.3. The van der Waals surface area contributed by atoms with Gasteiger partial charge < -0.3 is 50.4 Å². The molecule has 92 heavy (non-hydrogen) atoms. The number of methoxy groups -OCH3 is 3. The van der Waals surface area contributed by atoms with Crippen molar-refractivity contribution in [3.8, 4) is 17.6 Å². The molecule has 0 unspecified atom stereocenters. The maximum absolute atomic E-state index is 13.8. The fourth-order valence-corrected chi connectivity index (χ4v) is 10.7. The molecule has 0 fully saturated rings. The molecule has 0 radical (unpaired) electrons. The Kier molecular flexibility index (Phi) is 22.6. The molecule has 5 aromatic rings. The lowest BCUT2D eigenvalue weighted by atomic mass is 9.85. The molecule has 9 rings (SSSR count). The highest BCUT2D eigenvalue weighted by molar-refractivity contribution is 9.10. The van der Waals surface area contributed by atoms with Crippen molar-refractivity contribution in [2.24, 2.45) is 31.4 Å². The number of ether oxygens (including phenoxy) is 7. The number of anilines is 1. The summed E-state index contributed by atoms with van der Waals surface area (Å²) in [5.74, 6) is -0.801. The molecule has 4 aliphatic heterocycles. The molecular formula is C56H58Br2ClF13N12O8. The first kappa shape index (κ1) is 73.5. The van der Waals surface area contributed by atoms with Gasteiger partial charge in [0, 0.05) is 102 Å². The van der Waals surface area contributed by atoms with Gasteiger partial charge in [0.25, 0.3) is 12.0 Å². The zero-order valence-corrected chi connectivity index (χ0v) is 53.7. The van der Waals surface area contributed by atoms with Crippen LogP contribution in [-0.4, -0.2) is 125 Å². The Labute approximate surface area is 538 Å². The molecule has 502 valence electrons. The molecule has 6 N–H and O–H groups in total. The molecule has 0 saturated heterocycles. The number of amidine groups is 2. The van der Waals surface area contributed by atoms with Gasteiger partial charge in [-0.05, 0) is 102 Å². The minimum atomic E-state index is -4.63. The van der Waals surface area contributed by atoms with Gasteiger partial charge in [-0.3, -0.25) is 9.78 Å². The molecule has 5 aromatic heterocycles. The molecule has 8 atom stereocenters. The Morgan fingerprint density at radius 2 is 0.902 bits per heavy atom. The van der Waals surface area contributed by atoms with Crippen molar-refractivity contribution < 1.29 is 95.0 Å². The van der Waals surface area contributed by atoms with E-state index in [0.717, 1.165) is 0 Å². The zero-order valence-electron chi connectivity index (χ0n) is 49.8. The van der Waals surface area contributed by atoms with Crippen LogP contribution in [0.15, 0.2) is 96.3 Å². The second-order valence-electron chi connectivity index (χ2n) is 21.6. The quantitative estimate of drug-likeness (QED) is 0.0666. The van der Waals surface area contributed by atoms with Crippen LogP contribution in [0.1, 0.15) is 106 Å². The third-order valence-electron chi connectivity index (χ3n) is 14.1. The molecule has 0 aromatic carbocycles. The standard InChI is InChI=1S/C19H18ClF3N4O3.C13H14BrF3N2O2.C12H11BrF4N2O.C12H15F3N4O2/c1-18(7-15(19(21,22)23)30-17(24)27-18)12-5-10(8-26-16(12)29-2)6-14(28)13-4-3-11(20)9-25-13;1-7-19-12(2,5-10(21-7)13(15,16)17)9-4-8(14)6-18-11(9)20-3;1-6-19-11(2,4-9(20-6)12(15,16)17)8-3-7(13)5-18-10(8)14;1-11(7-3-6(16)5-18-9(7)20-2)4-8(12(13,14)15)21-10(17)19-11/h3-5,8-9,15H,6-7H2,1-2H3,(H2,24,27);4,6,10H,5H2,1-3H3;3,5,9H,4H2,1-2H3;3,5,8H,4,16H2,1-2H3,(H2,17,19)/t15-,18-;10-,12-;9-,11-;8-,11-/m0000/s1. The van der Waals surface area contributed by atoms with Gasteiger partial charge in [0.1, 0.15) is 5.69 Å². The first-order valence-electron chi connectivity index (χ1n) is 26.7. The highest BCUT2D eigenvalue weighted by Gasteiger charge is 2.54. The van der Waals surface area contributed by atoms with E-state index in [1.807, 2.05) is 0 Å². The van der Waals surface area contributed by atoms with E-state index in [9.17, 15) is 61.9 Å². The molecular weight excluding hydrogens is 1410 g/mol. The number of alkyl halides is 12. The summed E-state index contributed by atoms with van der Waals surface area (Å²) >= 11 is 12.2. The first-order valence-corrected chi connectivity index (χ1v) is 28.7. The van der Waals surface area contributed by atoms with E-state index < -0.39 is 109 Å². The van der Waals surface area contributed by atoms with Gasteiger partial charge >= 0.3 is 24.7 Å². The van der Waals surface area contributed by atoms with Crippen molar-refractivity contribution in [3.63, 3.8) is 0 Å². The summed E-state index contributed by atoms with van der Waals surface area (Å²) < 4.78 is 205. The molecule has 0 amide bonds. The van der Waals surface area contributed by atoms with Gasteiger partial charge in [0.2, 0.25) is 23.6 Å². The molecule has 0 spiro atoms. The predicted molar refractivity (Wildman–Crippen MR) is 315 cm³/mol. The second kappa shape index (κ2) is 28.3. The smallest absolute Gasteiger partial charge is 0.425 e. The summed E-state index contributed by atoms with van der Waals surface area (Å²) in [5, 5.41) is 0.391. The minimum absolute atomic E-state index is 0.00350. The monoisotopic (exact) mass is 1470 g/mol. The number of carbonyl (C=O) groups is 1. The fourth-order valence-electron chi connectivity index (χ4n) is 9.94. The van der Waals surface area contributed by atoms with Crippen LogP contribution >= 0.6 is 43.5 Å². The third kappa shape index (κ3) is 18.4. The number of hydrogen-bond donors (Lipinski definition) is 3. The van der Waals surface area contributed by atoms with Gasteiger partial charge in [-0.15, -0.1) is 0 Å². The zero-order chi connectivity index (χ0) is 68.9. The van der Waals surface area contributed by atoms with Crippen molar-refractivity contribution in [1.82, 2.24) is 24.9 Å². The summed E-state index contributed by atoms with van der Waals surface area (Å²) in [7, 11) is 4.12. The van der Waals surface area contributed by atoms with E-state index in [-0.39, 0.29) is 70.6 Å². The fraction of sp³-hybridized carbons (Fsp3) is 0.464. The van der Waals surface area contributed by atoms with E-state index in [2.05, 4.69) is 86.2 Å². The first-order chi connectivity index (χ1) is 42.4. The molecule has 4 aliphatic rings. The number of ketones is 1. The number of nitrogens with two attached hydrogens (primary N) is 3. The van der Waals surface area contributed by atoms with Crippen LogP contribution in [0.5, 0.6) is 17.6 Å². The van der Waals surface area contributed by atoms with E-state index in [1.54, 1.807) is 13.0 Å². The van der Waals surface area contributed by atoms with Crippen LogP contribution in [0, 0.1) is 5.95 Å². The molecule has 20 nitrogen and oxygen atoms in total. The van der Waals surface area contributed by atoms with E-state index in [4.69, 9.17) is 52.5 Å². The van der Waals surface area contributed by atoms with Gasteiger partial charge in [0.05, 0.1) is 60.4 Å². The summed E-state index contributed by atoms with van der Waals surface area (Å²) in [6.45, 7) is 8.76. The van der Waals surface area contributed by atoms with E-state index in [0.29, 0.717) is 30.7 Å². The highest BCUT2D eigenvalue weighted by Crippen LogP contribution is 2.47. The number of nitrogens with zero attached hydrogens (tertiary/aromatic N) is 9. The van der Waals surface area contributed by atoms with Gasteiger partial charge in [0.15, 0.2) is 42.0 Å². The molecule has 0 bridgehead atoms. The molecule has 0 aliphatic carbocycles. The molecule has 0 saturated carbocycles. The van der Waals surface area contributed by atoms with Gasteiger partial charge in [-0.1, -0.05) is 11.6 Å². The Balaban J connectivity index is 0.000000198. The van der Waals surface area contributed by atoms with E-state index in [1.165, 1.54) is 117 Å². The maximum atomic E-state index is 13.8. The Morgan fingerprint density at radius 3 is 1.33 bits per heavy atom. The summed E-state index contributed by atoms with van der Waals surface area (Å²) in [6, 6.07) is 7.98. The van der Waals surface area contributed by atoms with Gasteiger partial charge in [-0.2, -0.15) is 57.1 Å². The van der Waals surface area contributed by atoms with Crippen LogP contribution in [0.3, 0.4) is 0 Å². The number of nitrogen functional groups attached to an aromatic ring is 1. The van der Waals surface area contributed by atoms with Crippen molar-refractivity contribution >= 4 is 78.8 Å². The van der Waals surface area contributed by atoms with Crippen molar-refractivity contribution in [3.05, 3.63) is 121 Å². The van der Waals surface area contributed by atoms with Crippen molar-refractivity contribution in [1.29, 1.82) is 0 Å². The van der Waals surface area contributed by atoms with Crippen LogP contribution < -0.4 is 31.4 Å². The van der Waals surface area contributed by atoms with Crippen molar-refractivity contribution in [2.45, 2.75) is 145 Å². The number of Topliss-reactive ketones (excluding diaryl/α,β-unsaturated/α-hetero) is 1. The normalized spacial score (nSPS) is 24.8. The number of pyridine rings is 5. The topological polar surface area (TPSA) is 274 Å². The molecule has 36 heteroatoms. The summed E-state index contributed by atoms with van der Waals surface area (Å²) in [5.41, 5.74) is 13.4. The second-order valence-corrected chi connectivity index (χ2v) is 23.8. The Bertz CT molecular complexity index is 3510. The third-order valence-corrected chi connectivity index (χ3v) is 15.2. The average Bonchev–Trinajstić information content (AvgIpc) is 0.817. The van der Waals surface area contributed by atoms with Crippen LogP contribution in [0.2, 0.25) is 5.02 Å². The lowest BCUT2D eigenvalue weighted by Gasteiger charge is -2.36. The highest BCUT2D eigenvalue weighted by atomic mass is 79.9. The summed E-state index contributed by atoms with van der Waals surface area (Å²) in [4.78, 5) is 48.5. The number of halogens is 16. The van der Waals surface area contributed by atoms with Gasteiger partial charge in [-0.25, -0.2) is 39.9 Å². The Morgan fingerprint density at radius 1 is 0.533 bits per heavy atom. The SMILES string of the molecule is CC1=N[C@](C)(c2cc(Br)cnc2F)C[C@@H](C(F)(F)F)O1.COc1ncc(Br)cc1[C@]1(C)C[C@@H](C(F)(F)F)OC(C)=N1.COc1ncc(CC(=O)c2ccc(Cl)cn2)cc1[C@]1(C)C[C@@H](C(F)(F)F)OC(N)=N1.COc1ncc(N)cc1[C@]1(C)C[C@@H](C(F)(F)F)OC(N)=N1. The lowest BCUT2D eigenvalue weighted by Crippen LogP contribution is -2.46. The van der Waals surface area contributed by atoms with Crippen molar-refractivity contribution in [2.75, 3.05) is 27.1 Å². The van der Waals surface area contributed by atoms with Crippen LogP contribution in [-0.2, 0) is 47.5 Å². The largest absolute Gasteiger partial charge is 0.481 e. The Hall–Kier alpha value is -7.56. The number of rotatable bonds is 10. The molecule has 9 heterocycles.